The van der Waals surface area contributed by atoms with Gasteiger partial charge in [0.05, 0.1) is 16.8 Å². The lowest BCUT2D eigenvalue weighted by molar-refractivity contribution is -0.119. The average molecular weight is 477 g/mol. The number of anilines is 1. The van der Waals surface area contributed by atoms with Crippen molar-refractivity contribution in [3.63, 3.8) is 0 Å². The maximum Gasteiger partial charge on any atom is 0.241 e. The molecule has 0 bridgehead atoms. The third-order valence-corrected chi connectivity index (χ3v) is 9.08. The van der Waals surface area contributed by atoms with Crippen molar-refractivity contribution >= 4 is 32.4 Å². The Labute approximate surface area is 199 Å². The largest absolute Gasteiger partial charge is 0.324 e. The molecule has 0 radical (unpaired) electrons. The molecule has 2 fully saturated rings. The second-order valence-corrected chi connectivity index (χ2v) is 12.3. The highest BCUT2D eigenvalue weighted by Crippen LogP contribution is 2.47. The van der Waals surface area contributed by atoms with Crippen molar-refractivity contribution in [2.24, 2.45) is 11.3 Å². The highest BCUT2D eigenvalue weighted by Gasteiger charge is 2.48. The van der Waals surface area contributed by atoms with Crippen LogP contribution in [0.15, 0.2) is 47.8 Å². The standard InChI is InChI=1S/C26H28N4O3S/c1-26(2)12-23(26)30-34(32,33)24-20-10-17(25(31)29-19-4-3-7-27-14-19)8-16(20)9-18-13-28-22(11-21(18)24)15-5-6-15/h3-4,7,9,11,13-15,17,23,30H,5-6,8,10,12H2,1-2H3,(H,29,31). The number of benzene rings is 1. The van der Waals surface area contributed by atoms with Crippen LogP contribution >= 0.6 is 0 Å². The number of amides is 1. The van der Waals surface area contributed by atoms with Crippen LogP contribution in [0.2, 0.25) is 0 Å². The number of hydrogen-bond acceptors (Lipinski definition) is 5. The van der Waals surface area contributed by atoms with Crippen LogP contribution in [0.3, 0.4) is 0 Å². The van der Waals surface area contributed by atoms with Crippen molar-refractivity contribution in [3.05, 3.63) is 59.7 Å². The van der Waals surface area contributed by atoms with Gasteiger partial charge in [0.25, 0.3) is 0 Å². The minimum absolute atomic E-state index is 0.0340. The van der Waals surface area contributed by atoms with E-state index < -0.39 is 10.0 Å². The molecule has 3 aromatic rings. The van der Waals surface area contributed by atoms with E-state index in [9.17, 15) is 13.2 Å². The molecule has 1 aromatic carbocycles. The first kappa shape index (κ1) is 21.7. The van der Waals surface area contributed by atoms with E-state index in [0.29, 0.717) is 29.3 Å². The number of aromatic nitrogens is 2. The Balaban J connectivity index is 1.40. The van der Waals surface area contributed by atoms with Gasteiger partial charge in [-0.2, -0.15) is 0 Å². The summed E-state index contributed by atoms with van der Waals surface area (Å²) in [5.74, 6) is -0.0413. The van der Waals surface area contributed by atoms with Gasteiger partial charge in [0.15, 0.2) is 0 Å². The first-order chi connectivity index (χ1) is 16.2. The Kier molecular flexibility index (Phi) is 4.83. The molecule has 1 amide bonds. The average Bonchev–Trinajstić information content (AvgIpc) is 3.69. The summed E-state index contributed by atoms with van der Waals surface area (Å²) < 4.78 is 30.5. The molecule has 176 valence electrons. The first-order valence-corrected chi connectivity index (χ1v) is 13.4. The maximum atomic E-state index is 13.8. The van der Waals surface area contributed by atoms with Crippen molar-refractivity contribution in [2.75, 3.05) is 5.32 Å². The van der Waals surface area contributed by atoms with E-state index in [0.717, 1.165) is 46.9 Å². The number of pyridine rings is 2. The molecule has 3 aliphatic carbocycles. The molecule has 2 unspecified atom stereocenters. The normalized spacial score (nSPS) is 23.0. The van der Waals surface area contributed by atoms with Crippen molar-refractivity contribution < 1.29 is 13.2 Å². The van der Waals surface area contributed by atoms with E-state index >= 15 is 0 Å². The Hall–Kier alpha value is -2.84. The number of carbonyl (C=O) groups excluding carboxylic acids is 1. The lowest BCUT2D eigenvalue weighted by atomic mass is 10.0. The summed E-state index contributed by atoms with van der Waals surface area (Å²) >= 11 is 0. The number of nitrogens with one attached hydrogen (secondary N) is 2. The molecule has 34 heavy (non-hydrogen) atoms. The fourth-order valence-corrected chi connectivity index (χ4v) is 6.96. The summed E-state index contributed by atoms with van der Waals surface area (Å²) in [5, 5.41) is 4.45. The monoisotopic (exact) mass is 476 g/mol. The van der Waals surface area contributed by atoms with E-state index in [1.54, 1.807) is 30.7 Å². The third kappa shape index (κ3) is 3.88. The zero-order valence-corrected chi connectivity index (χ0v) is 20.2. The van der Waals surface area contributed by atoms with E-state index in [2.05, 4.69) is 33.9 Å². The molecule has 0 saturated heterocycles. The van der Waals surface area contributed by atoms with Crippen LogP contribution in [-0.4, -0.2) is 30.3 Å². The van der Waals surface area contributed by atoms with Gasteiger partial charge in [0, 0.05) is 46.7 Å². The number of hydrogen-bond donors (Lipinski definition) is 2. The Morgan fingerprint density at radius 3 is 2.62 bits per heavy atom. The van der Waals surface area contributed by atoms with Gasteiger partial charge >= 0.3 is 0 Å². The molecule has 2 heterocycles. The van der Waals surface area contributed by atoms with Gasteiger partial charge in [-0.15, -0.1) is 0 Å². The molecule has 2 aromatic heterocycles. The minimum atomic E-state index is -3.77. The number of fused-ring (bicyclic) bond motifs is 2. The third-order valence-electron chi connectivity index (χ3n) is 7.48. The van der Waals surface area contributed by atoms with E-state index in [1.807, 2.05) is 12.1 Å². The fourth-order valence-electron chi connectivity index (χ4n) is 5.06. The van der Waals surface area contributed by atoms with E-state index in [-0.39, 0.29) is 23.3 Å². The molecule has 6 rings (SSSR count). The highest BCUT2D eigenvalue weighted by molar-refractivity contribution is 7.89. The molecule has 8 heteroatoms. The zero-order chi connectivity index (χ0) is 23.7. The maximum absolute atomic E-state index is 13.8. The number of rotatable bonds is 6. The molecular formula is C26H28N4O3S. The second kappa shape index (κ2) is 7.58. The summed E-state index contributed by atoms with van der Waals surface area (Å²) in [4.78, 5) is 22.1. The van der Waals surface area contributed by atoms with Crippen molar-refractivity contribution in [1.82, 2.24) is 14.7 Å². The minimum Gasteiger partial charge on any atom is -0.324 e. The summed E-state index contributed by atoms with van der Waals surface area (Å²) in [5.41, 5.74) is 3.23. The topological polar surface area (TPSA) is 101 Å². The van der Waals surface area contributed by atoms with Crippen LogP contribution in [0.1, 0.15) is 55.8 Å². The predicted octanol–water partition coefficient (Wildman–Crippen LogP) is 3.94. The molecule has 2 atom stereocenters. The van der Waals surface area contributed by atoms with Gasteiger partial charge in [-0.3, -0.25) is 14.8 Å². The Morgan fingerprint density at radius 1 is 1.15 bits per heavy atom. The van der Waals surface area contributed by atoms with Crippen LogP contribution in [0.4, 0.5) is 5.69 Å². The first-order valence-electron chi connectivity index (χ1n) is 11.9. The number of carbonyl (C=O) groups is 1. The molecule has 2 saturated carbocycles. The lowest BCUT2D eigenvalue weighted by Crippen LogP contribution is -2.30. The summed E-state index contributed by atoms with van der Waals surface area (Å²) in [6.07, 6.45) is 8.96. The van der Waals surface area contributed by atoms with Crippen LogP contribution in [0, 0.1) is 11.3 Å². The molecule has 0 spiro atoms. The Bertz CT molecular complexity index is 1410. The van der Waals surface area contributed by atoms with Gasteiger partial charge in [0.2, 0.25) is 15.9 Å². The SMILES string of the molecule is CC1(C)CC1NS(=O)(=O)c1c2c(cc3cnc(C4CC4)cc13)CC(C(=O)Nc1cccnc1)C2. The van der Waals surface area contributed by atoms with Crippen LogP contribution in [0.25, 0.3) is 10.8 Å². The van der Waals surface area contributed by atoms with Crippen LogP contribution < -0.4 is 10.0 Å². The van der Waals surface area contributed by atoms with Crippen molar-refractivity contribution in [2.45, 2.75) is 62.8 Å². The van der Waals surface area contributed by atoms with Crippen LogP contribution in [-0.2, 0) is 27.7 Å². The van der Waals surface area contributed by atoms with E-state index in [1.165, 1.54) is 0 Å². The van der Waals surface area contributed by atoms with Crippen molar-refractivity contribution in [1.29, 1.82) is 0 Å². The van der Waals surface area contributed by atoms with E-state index in [4.69, 9.17) is 0 Å². The van der Waals surface area contributed by atoms with Gasteiger partial charge in [0.1, 0.15) is 0 Å². The van der Waals surface area contributed by atoms with Gasteiger partial charge in [-0.05, 0) is 72.9 Å². The Morgan fingerprint density at radius 2 is 1.94 bits per heavy atom. The molecule has 7 nitrogen and oxygen atoms in total. The molecular weight excluding hydrogens is 448 g/mol. The highest BCUT2D eigenvalue weighted by atomic mass is 32.2. The molecule has 2 N–H and O–H groups in total. The van der Waals surface area contributed by atoms with Crippen molar-refractivity contribution in [3.8, 4) is 0 Å². The molecule has 3 aliphatic rings. The summed E-state index contributed by atoms with van der Waals surface area (Å²) in [7, 11) is -3.77. The van der Waals surface area contributed by atoms with Crippen LogP contribution in [0.5, 0.6) is 0 Å². The van der Waals surface area contributed by atoms with Gasteiger partial charge in [-0.25, -0.2) is 13.1 Å². The van der Waals surface area contributed by atoms with Gasteiger partial charge in [-0.1, -0.05) is 13.8 Å². The smallest absolute Gasteiger partial charge is 0.241 e. The quantitative estimate of drug-likeness (QED) is 0.561. The molecule has 0 aliphatic heterocycles. The number of sulfonamides is 1. The second-order valence-electron chi connectivity index (χ2n) is 10.7. The summed E-state index contributed by atoms with van der Waals surface area (Å²) in [6.45, 7) is 4.14. The summed E-state index contributed by atoms with van der Waals surface area (Å²) in [6, 6.07) is 7.48. The zero-order valence-electron chi connectivity index (χ0n) is 19.3. The number of nitrogens with zero attached hydrogens (tertiary/aromatic N) is 2. The van der Waals surface area contributed by atoms with Gasteiger partial charge < -0.3 is 5.32 Å². The predicted molar refractivity (Wildman–Crippen MR) is 130 cm³/mol. The fraction of sp³-hybridized carbons (Fsp3) is 0.423. The lowest BCUT2D eigenvalue weighted by Gasteiger charge is -2.16.